The third-order valence-electron chi connectivity index (χ3n) is 9.34. The molecule has 0 aliphatic rings. The molecule has 2 N–H and O–H groups in total. The lowest BCUT2D eigenvalue weighted by atomic mass is 10.0. The first-order chi connectivity index (χ1) is 28.4. The molecule has 0 radical (unpaired) electrons. The lowest BCUT2D eigenvalue weighted by Gasteiger charge is -2.24. The molecular formula is C48H85NO9P+. The van der Waals surface area contributed by atoms with E-state index < -0.39 is 38.6 Å². The van der Waals surface area contributed by atoms with Crippen LogP contribution in [0.4, 0.5) is 0 Å². The second kappa shape index (κ2) is 39.5. The molecule has 0 spiro atoms. The quantitative estimate of drug-likeness (QED) is 0.0155. The van der Waals surface area contributed by atoms with Gasteiger partial charge in [0.2, 0.25) is 0 Å². The average Bonchev–Trinajstić information content (AvgIpc) is 3.18. The minimum atomic E-state index is -4.41. The van der Waals surface area contributed by atoms with Crippen molar-refractivity contribution in [3.8, 4) is 0 Å². The maximum atomic E-state index is 12.7. The fourth-order valence-electron chi connectivity index (χ4n) is 5.77. The maximum absolute atomic E-state index is 12.7. The summed E-state index contributed by atoms with van der Waals surface area (Å²) in [5.41, 5.74) is 0. The van der Waals surface area contributed by atoms with Gasteiger partial charge in [-0.05, 0) is 44.9 Å². The number of likely N-dealkylation sites (N-methyl/N-ethyl adjacent to an activating group) is 1. The van der Waals surface area contributed by atoms with E-state index in [0.717, 1.165) is 44.9 Å². The number of aliphatic hydroxyl groups is 1. The Morgan fingerprint density at radius 1 is 0.627 bits per heavy atom. The molecule has 0 rings (SSSR count). The summed E-state index contributed by atoms with van der Waals surface area (Å²) < 4.78 is 34.2. The smallest absolute Gasteiger partial charge is 0.462 e. The molecule has 10 nitrogen and oxygen atoms in total. The Morgan fingerprint density at radius 2 is 1.17 bits per heavy atom. The number of rotatable bonds is 40. The van der Waals surface area contributed by atoms with E-state index in [-0.39, 0.29) is 26.1 Å². The van der Waals surface area contributed by atoms with Gasteiger partial charge in [-0.25, -0.2) is 4.57 Å². The molecule has 0 aliphatic carbocycles. The molecule has 0 aliphatic heterocycles. The van der Waals surface area contributed by atoms with Gasteiger partial charge in [0.05, 0.1) is 33.9 Å². The fourth-order valence-corrected chi connectivity index (χ4v) is 6.51. The summed E-state index contributed by atoms with van der Waals surface area (Å²) in [7, 11) is 1.40. The summed E-state index contributed by atoms with van der Waals surface area (Å²) in [5, 5.41) is 9.85. The van der Waals surface area contributed by atoms with Gasteiger partial charge in [0, 0.05) is 12.8 Å². The number of phosphoric ester groups is 1. The highest BCUT2D eigenvalue weighted by Crippen LogP contribution is 2.43. The van der Waals surface area contributed by atoms with Gasteiger partial charge in [-0.1, -0.05) is 177 Å². The van der Waals surface area contributed by atoms with Crippen molar-refractivity contribution in [3.05, 3.63) is 72.9 Å². The van der Waals surface area contributed by atoms with Crippen LogP contribution in [0.25, 0.3) is 0 Å². The van der Waals surface area contributed by atoms with Crippen LogP contribution >= 0.6 is 7.82 Å². The van der Waals surface area contributed by atoms with Crippen LogP contribution in [0, 0.1) is 0 Å². The molecule has 59 heavy (non-hydrogen) atoms. The number of unbranched alkanes of at least 4 members (excludes halogenated alkanes) is 14. The van der Waals surface area contributed by atoms with E-state index in [4.69, 9.17) is 18.5 Å². The molecule has 3 atom stereocenters. The highest BCUT2D eigenvalue weighted by Gasteiger charge is 2.27. The van der Waals surface area contributed by atoms with Crippen molar-refractivity contribution in [2.45, 2.75) is 174 Å². The van der Waals surface area contributed by atoms with Gasteiger partial charge in [0.15, 0.2) is 6.10 Å². The number of carbonyl (C=O) groups is 2. The molecule has 3 unspecified atom stereocenters. The predicted octanol–water partition coefficient (Wildman–Crippen LogP) is 12.0. The second-order valence-corrected chi connectivity index (χ2v) is 17.7. The SMILES string of the molecule is CC/C=C\CC(O)/C=C\C=C/C/C=C\C/C=C\C/C=C\CCC(=O)OC(COC(=O)CCCCCCCCCCCCCCCCC)COP(=O)(O)OCC[N+](C)(C)C. The number of allylic oxidation sites excluding steroid dienone is 10. The van der Waals surface area contributed by atoms with Crippen LogP contribution in [0.1, 0.15) is 162 Å². The lowest BCUT2D eigenvalue weighted by molar-refractivity contribution is -0.870. The Labute approximate surface area is 360 Å². The molecule has 0 heterocycles. The van der Waals surface area contributed by atoms with Gasteiger partial charge in [-0.15, -0.1) is 0 Å². The first-order valence-electron chi connectivity index (χ1n) is 22.8. The number of esters is 2. The van der Waals surface area contributed by atoms with Crippen LogP contribution < -0.4 is 0 Å². The Balaban J connectivity index is 4.51. The Morgan fingerprint density at radius 3 is 1.73 bits per heavy atom. The molecule has 340 valence electrons. The van der Waals surface area contributed by atoms with Crippen molar-refractivity contribution in [3.63, 3.8) is 0 Å². The van der Waals surface area contributed by atoms with Crippen LogP contribution in [0.2, 0.25) is 0 Å². The molecule has 0 saturated carbocycles. The standard InChI is InChI=1S/C48H84NO9P/c1-6-8-10-11-12-13-14-15-16-19-22-25-28-31-35-39-47(51)55-43-46(44-57-59(53,54)56-42-41-49(3,4)5)58-48(52)40-36-32-29-26-23-20-17-18-21-24-27-30-34-38-45(50)37-33-9-7-2/h9,18,20-21,23,27,29-30,32-34,38,45-46,50H,6-8,10-17,19,22,24-26,28,31,35-37,39-44H2,1-5H3/p+1/b21-18-,23-20-,30-27-,32-29-,33-9-,38-34-. The lowest BCUT2D eigenvalue weighted by Crippen LogP contribution is -2.37. The number of hydrogen-bond acceptors (Lipinski definition) is 8. The zero-order chi connectivity index (χ0) is 43.7. The zero-order valence-corrected chi connectivity index (χ0v) is 38.7. The van der Waals surface area contributed by atoms with Gasteiger partial charge in [0.25, 0.3) is 0 Å². The number of nitrogens with zero attached hydrogens (tertiary/aromatic N) is 1. The number of aliphatic hydroxyl groups excluding tert-OH is 1. The molecule has 0 aromatic heterocycles. The van der Waals surface area contributed by atoms with E-state index in [1.54, 1.807) is 6.08 Å². The monoisotopic (exact) mass is 851 g/mol. The summed E-state index contributed by atoms with van der Waals surface area (Å²) in [5.74, 6) is -0.919. The van der Waals surface area contributed by atoms with E-state index in [0.29, 0.717) is 23.9 Å². The summed E-state index contributed by atoms with van der Waals surface area (Å²) in [6.07, 6.45) is 45.8. The van der Waals surface area contributed by atoms with Gasteiger partial charge >= 0.3 is 19.8 Å². The minimum Gasteiger partial charge on any atom is -0.462 e. The van der Waals surface area contributed by atoms with Crippen LogP contribution in [-0.2, 0) is 32.7 Å². The third kappa shape index (κ3) is 43.3. The maximum Gasteiger partial charge on any atom is 0.472 e. The van der Waals surface area contributed by atoms with Gasteiger partial charge in [-0.2, -0.15) is 0 Å². The molecular weight excluding hydrogens is 766 g/mol. The average molecular weight is 851 g/mol. The minimum absolute atomic E-state index is 0.00873. The molecule has 0 aromatic carbocycles. The van der Waals surface area contributed by atoms with Crippen molar-refractivity contribution < 1.29 is 47.2 Å². The van der Waals surface area contributed by atoms with Crippen molar-refractivity contribution in [2.24, 2.45) is 0 Å². The largest absolute Gasteiger partial charge is 0.472 e. The predicted molar refractivity (Wildman–Crippen MR) is 244 cm³/mol. The molecule has 0 bridgehead atoms. The first kappa shape index (κ1) is 56.4. The Bertz CT molecular complexity index is 1250. The molecule has 0 amide bonds. The van der Waals surface area contributed by atoms with E-state index >= 15 is 0 Å². The van der Waals surface area contributed by atoms with Crippen molar-refractivity contribution in [2.75, 3.05) is 47.5 Å². The summed E-state index contributed by atoms with van der Waals surface area (Å²) in [6, 6.07) is 0. The van der Waals surface area contributed by atoms with Crippen molar-refractivity contribution in [1.82, 2.24) is 0 Å². The van der Waals surface area contributed by atoms with Crippen LogP contribution in [0.5, 0.6) is 0 Å². The van der Waals surface area contributed by atoms with Crippen LogP contribution in [-0.4, -0.2) is 86.1 Å². The molecule has 0 aromatic rings. The molecule has 11 heteroatoms. The van der Waals surface area contributed by atoms with Gasteiger partial charge < -0.3 is 24.0 Å². The first-order valence-corrected chi connectivity index (χ1v) is 24.3. The van der Waals surface area contributed by atoms with E-state index in [9.17, 15) is 24.2 Å². The van der Waals surface area contributed by atoms with Crippen molar-refractivity contribution >= 4 is 19.8 Å². The van der Waals surface area contributed by atoms with Crippen molar-refractivity contribution in [1.29, 1.82) is 0 Å². The summed E-state index contributed by atoms with van der Waals surface area (Å²) in [4.78, 5) is 35.4. The van der Waals surface area contributed by atoms with Gasteiger partial charge in [-0.3, -0.25) is 18.6 Å². The fraction of sp³-hybridized carbons (Fsp3) is 0.708. The normalized spacial score (nSPS) is 14.8. The third-order valence-corrected chi connectivity index (χ3v) is 10.3. The second-order valence-electron chi connectivity index (χ2n) is 16.3. The number of ether oxygens (including phenoxy) is 2. The van der Waals surface area contributed by atoms with Crippen LogP contribution in [0.3, 0.4) is 0 Å². The highest BCUT2D eigenvalue weighted by atomic mass is 31.2. The topological polar surface area (TPSA) is 129 Å². The number of quaternary nitrogens is 1. The molecule has 0 saturated heterocycles. The Kier molecular flexibility index (Phi) is 37.8. The van der Waals surface area contributed by atoms with E-state index in [1.165, 1.54) is 77.0 Å². The van der Waals surface area contributed by atoms with E-state index in [2.05, 4.69) is 44.2 Å². The molecule has 0 fully saturated rings. The summed E-state index contributed by atoms with van der Waals surface area (Å²) >= 11 is 0. The number of carbonyl (C=O) groups excluding carboxylic acids is 2. The Hall–Kier alpha value is -2.59. The number of hydrogen-bond donors (Lipinski definition) is 2. The highest BCUT2D eigenvalue weighted by molar-refractivity contribution is 7.47. The summed E-state index contributed by atoms with van der Waals surface area (Å²) in [6.45, 7) is 4.11. The van der Waals surface area contributed by atoms with Crippen LogP contribution in [0.15, 0.2) is 72.9 Å². The zero-order valence-electron chi connectivity index (χ0n) is 37.8. The van der Waals surface area contributed by atoms with E-state index in [1.807, 2.05) is 57.6 Å². The van der Waals surface area contributed by atoms with Gasteiger partial charge in [0.1, 0.15) is 19.8 Å². The number of phosphoric acid groups is 1.